The highest BCUT2D eigenvalue weighted by molar-refractivity contribution is 5.97. The number of hydrogen-bond acceptors (Lipinski definition) is 5. The van der Waals surface area contributed by atoms with Gasteiger partial charge in [-0.1, -0.05) is 42.5 Å². The summed E-state index contributed by atoms with van der Waals surface area (Å²) in [6, 6.07) is 15.4. The van der Waals surface area contributed by atoms with Gasteiger partial charge in [0.1, 0.15) is 5.58 Å². The maximum atomic E-state index is 12.9. The van der Waals surface area contributed by atoms with Crippen LogP contribution in [-0.4, -0.2) is 24.6 Å². The van der Waals surface area contributed by atoms with Crippen LogP contribution in [0.5, 0.6) is 0 Å². The average molecular weight is 421 g/mol. The smallest absolute Gasteiger partial charge is 0.375 e. The van der Waals surface area contributed by atoms with Crippen molar-refractivity contribution in [3.05, 3.63) is 71.0 Å². The molecule has 1 aliphatic rings. The van der Waals surface area contributed by atoms with Gasteiger partial charge in [-0.05, 0) is 50.3 Å². The summed E-state index contributed by atoms with van der Waals surface area (Å²) in [5.74, 6) is -0.910. The predicted molar refractivity (Wildman–Crippen MR) is 117 cm³/mol. The molecule has 1 aromatic heterocycles. The molecule has 2 aromatic carbocycles. The number of fused-ring (bicyclic) bond motifs is 2. The number of esters is 1. The summed E-state index contributed by atoms with van der Waals surface area (Å²) in [6.45, 7) is 4.20. The van der Waals surface area contributed by atoms with Gasteiger partial charge in [-0.3, -0.25) is 4.79 Å². The maximum absolute atomic E-state index is 12.9. The minimum atomic E-state index is -0.949. The molecule has 0 bridgehead atoms. The van der Waals surface area contributed by atoms with Crippen LogP contribution in [-0.2, 0) is 27.3 Å². The third kappa shape index (κ3) is 4.49. The monoisotopic (exact) mass is 421 g/mol. The van der Waals surface area contributed by atoms with Crippen LogP contribution in [0.4, 0.5) is 0 Å². The van der Waals surface area contributed by atoms with E-state index in [0.29, 0.717) is 17.8 Å². The lowest BCUT2D eigenvalue weighted by molar-refractivity contribution is -0.130. The third-order valence-electron chi connectivity index (χ3n) is 5.67. The lowest BCUT2D eigenvalue weighted by Crippen LogP contribution is -2.39. The number of benzene rings is 2. The molecule has 6 heteroatoms. The molecular weight excluding hydrogens is 394 g/mol. The highest BCUT2D eigenvalue weighted by Crippen LogP contribution is 2.30. The van der Waals surface area contributed by atoms with E-state index in [9.17, 15) is 9.59 Å². The lowest BCUT2D eigenvalue weighted by atomic mass is 9.87. The minimum Gasteiger partial charge on any atom is -0.449 e. The van der Waals surface area contributed by atoms with Gasteiger partial charge < -0.3 is 19.2 Å². The number of rotatable bonds is 7. The van der Waals surface area contributed by atoms with Gasteiger partial charge in [0, 0.05) is 17.6 Å². The highest BCUT2D eigenvalue weighted by Gasteiger charge is 2.28. The first kappa shape index (κ1) is 21.1. The zero-order chi connectivity index (χ0) is 21.8. The summed E-state index contributed by atoms with van der Waals surface area (Å²) in [4.78, 5) is 25.6. The fourth-order valence-electron chi connectivity index (χ4n) is 4.07. The number of nitrogens with one attached hydrogen (secondary N) is 1. The molecule has 162 valence electrons. The average Bonchev–Trinajstić information content (AvgIpc) is 3.16. The van der Waals surface area contributed by atoms with Crippen LogP contribution in [0.1, 0.15) is 60.0 Å². The molecule has 31 heavy (non-hydrogen) atoms. The van der Waals surface area contributed by atoms with Crippen molar-refractivity contribution < 1.29 is 23.5 Å². The molecule has 4 rings (SSSR count). The van der Waals surface area contributed by atoms with Gasteiger partial charge in [0.2, 0.25) is 5.76 Å². The molecule has 0 aliphatic heterocycles. The van der Waals surface area contributed by atoms with Crippen LogP contribution in [0.15, 0.2) is 52.9 Å². The van der Waals surface area contributed by atoms with E-state index >= 15 is 0 Å². The quantitative estimate of drug-likeness (QED) is 0.559. The zero-order valence-electron chi connectivity index (χ0n) is 17.9. The van der Waals surface area contributed by atoms with Crippen LogP contribution >= 0.6 is 0 Å². The third-order valence-corrected chi connectivity index (χ3v) is 5.67. The first-order valence-electron chi connectivity index (χ1n) is 10.8. The molecular formula is C25H27NO5. The van der Waals surface area contributed by atoms with Crippen molar-refractivity contribution in [1.29, 1.82) is 0 Å². The van der Waals surface area contributed by atoms with Crippen molar-refractivity contribution in [3.63, 3.8) is 0 Å². The molecule has 0 fully saturated rings. The summed E-state index contributed by atoms with van der Waals surface area (Å²) >= 11 is 0. The molecule has 0 saturated carbocycles. The molecule has 1 heterocycles. The summed E-state index contributed by atoms with van der Waals surface area (Å²) in [5, 5.41) is 3.84. The van der Waals surface area contributed by atoms with Crippen molar-refractivity contribution in [1.82, 2.24) is 5.32 Å². The number of ether oxygens (including phenoxy) is 2. The van der Waals surface area contributed by atoms with Crippen molar-refractivity contribution in [2.75, 3.05) is 6.61 Å². The number of amides is 1. The van der Waals surface area contributed by atoms with Crippen LogP contribution in [0, 0.1) is 0 Å². The van der Waals surface area contributed by atoms with E-state index in [1.807, 2.05) is 43.3 Å². The van der Waals surface area contributed by atoms with Crippen LogP contribution in [0.3, 0.4) is 0 Å². The second kappa shape index (κ2) is 9.35. The fraction of sp³-hybridized carbons (Fsp3) is 0.360. The predicted octanol–water partition coefficient (Wildman–Crippen LogP) is 4.71. The number of para-hydroxylation sites is 1. The number of carbonyl (C=O) groups excluding carboxylic acids is 2. The number of aryl methyl sites for hydroxylation is 1. The van der Waals surface area contributed by atoms with Gasteiger partial charge in [0.05, 0.1) is 12.6 Å². The van der Waals surface area contributed by atoms with Crippen LogP contribution in [0.25, 0.3) is 11.0 Å². The van der Waals surface area contributed by atoms with E-state index in [1.54, 1.807) is 13.0 Å². The number of carbonyl (C=O) groups is 2. The molecule has 0 saturated heterocycles. The Morgan fingerprint density at radius 2 is 1.94 bits per heavy atom. The maximum Gasteiger partial charge on any atom is 0.375 e. The first-order valence-corrected chi connectivity index (χ1v) is 10.8. The first-order chi connectivity index (χ1) is 15.1. The second-order valence-corrected chi connectivity index (χ2v) is 7.74. The molecule has 0 radical (unpaired) electrons. The number of furan rings is 1. The Bertz CT molecular complexity index is 1090. The lowest BCUT2D eigenvalue weighted by Gasteiger charge is -2.27. The molecule has 6 nitrogen and oxygen atoms in total. The van der Waals surface area contributed by atoms with Crippen LogP contribution in [0.2, 0.25) is 0 Å². The highest BCUT2D eigenvalue weighted by atomic mass is 16.6. The summed E-state index contributed by atoms with van der Waals surface area (Å²) in [6.07, 6.45) is 1.94. The SMILES string of the molecule is CCOCc1c(C(=O)O[C@@H](C)C(=O)N[C@@H]2CCCc3ccccc32)oc2ccccc12. The topological polar surface area (TPSA) is 77.8 Å². The zero-order valence-corrected chi connectivity index (χ0v) is 17.9. The van der Waals surface area contributed by atoms with Crippen molar-refractivity contribution in [2.24, 2.45) is 0 Å². The molecule has 0 unspecified atom stereocenters. The largest absolute Gasteiger partial charge is 0.449 e. The van der Waals surface area contributed by atoms with E-state index in [4.69, 9.17) is 13.9 Å². The van der Waals surface area contributed by atoms with Gasteiger partial charge in [-0.2, -0.15) is 0 Å². The molecule has 1 aliphatic carbocycles. The number of hydrogen-bond donors (Lipinski definition) is 1. The van der Waals surface area contributed by atoms with E-state index in [-0.39, 0.29) is 24.3 Å². The van der Waals surface area contributed by atoms with Gasteiger partial charge in [0.25, 0.3) is 5.91 Å². The van der Waals surface area contributed by atoms with E-state index < -0.39 is 12.1 Å². The fourth-order valence-corrected chi connectivity index (χ4v) is 4.07. The Kier molecular flexibility index (Phi) is 6.37. The van der Waals surface area contributed by atoms with E-state index in [2.05, 4.69) is 11.4 Å². The van der Waals surface area contributed by atoms with Crippen molar-refractivity contribution in [3.8, 4) is 0 Å². The van der Waals surface area contributed by atoms with Gasteiger partial charge in [0.15, 0.2) is 6.10 Å². The Morgan fingerprint density at radius 3 is 2.77 bits per heavy atom. The second-order valence-electron chi connectivity index (χ2n) is 7.74. The van der Waals surface area contributed by atoms with Gasteiger partial charge in [-0.25, -0.2) is 4.79 Å². The summed E-state index contributed by atoms with van der Waals surface area (Å²) in [5.41, 5.74) is 3.61. The van der Waals surface area contributed by atoms with E-state index in [1.165, 1.54) is 5.56 Å². The van der Waals surface area contributed by atoms with Gasteiger partial charge in [-0.15, -0.1) is 0 Å². The van der Waals surface area contributed by atoms with Crippen molar-refractivity contribution in [2.45, 2.75) is 51.9 Å². The molecule has 1 amide bonds. The molecule has 1 N–H and O–H groups in total. The van der Waals surface area contributed by atoms with Crippen molar-refractivity contribution >= 4 is 22.8 Å². The minimum absolute atomic E-state index is 0.0710. The van der Waals surface area contributed by atoms with Crippen LogP contribution < -0.4 is 5.32 Å². The Hall–Kier alpha value is -3.12. The normalized spacial score (nSPS) is 16.5. The Balaban J connectivity index is 1.47. The Labute approximate surface area is 181 Å². The summed E-state index contributed by atoms with van der Waals surface area (Å²) < 4.78 is 16.7. The molecule has 3 aromatic rings. The standard InChI is InChI=1S/C25H27NO5/c1-3-29-15-20-19-12-6-7-14-22(19)31-23(20)25(28)30-16(2)24(27)26-21-13-8-10-17-9-4-5-11-18(17)21/h4-7,9,11-12,14,16,21H,3,8,10,13,15H2,1-2H3,(H,26,27)/t16-,21+/m0/s1. The van der Waals surface area contributed by atoms with E-state index in [0.717, 1.165) is 30.2 Å². The Morgan fingerprint density at radius 1 is 1.16 bits per heavy atom. The summed E-state index contributed by atoms with van der Waals surface area (Å²) in [7, 11) is 0. The molecule has 0 spiro atoms. The van der Waals surface area contributed by atoms with Gasteiger partial charge >= 0.3 is 5.97 Å². The molecule has 2 atom stereocenters.